The van der Waals surface area contributed by atoms with Gasteiger partial charge in [0.2, 0.25) is 0 Å². The number of hydrogen-bond donors (Lipinski definition) is 2. The van der Waals surface area contributed by atoms with Crippen LogP contribution < -0.4 is 10.1 Å². The summed E-state index contributed by atoms with van der Waals surface area (Å²) in [6.45, 7) is 3.14. The van der Waals surface area contributed by atoms with Crippen LogP contribution in [0, 0.1) is 0 Å². The molecule has 0 aromatic heterocycles. The highest BCUT2D eigenvalue weighted by molar-refractivity contribution is 5.35. The Hall–Kier alpha value is -1.06. The molecule has 1 atom stereocenters. The monoisotopic (exact) mass is 209 g/mol. The molecule has 1 aromatic rings. The number of hydrogen-bond acceptors (Lipinski definition) is 3. The molecular weight excluding hydrogens is 190 g/mol. The first-order valence-corrected chi connectivity index (χ1v) is 5.26. The van der Waals surface area contributed by atoms with Gasteiger partial charge in [-0.25, -0.2) is 0 Å². The molecule has 3 nitrogen and oxygen atoms in total. The van der Waals surface area contributed by atoms with Gasteiger partial charge in [0, 0.05) is 18.2 Å². The average Bonchev–Trinajstić information content (AvgIpc) is 2.29. The zero-order valence-corrected chi connectivity index (χ0v) is 9.36. The van der Waals surface area contributed by atoms with Crippen LogP contribution in [0.1, 0.15) is 24.9 Å². The van der Waals surface area contributed by atoms with Gasteiger partial charge in [0.25, 0.3) is 0 Å². The predicted molar refractivity (Wildman–Crippen MR) is 61.1 cm³/mol. The fourth-order valence-corrected chi connectivity index (χ4v) is 1.53. The van der Waals surface area contributed by atoms with Crippen LogP contribution in [0.4, 0.5) is 0 Å². The van der Waals surface area contributed by atoms with E-state index in [4.69, 9.17) is 9.84 Å². The Labute approximate surface area is 91.1 Å². The van der Waals surface area contributed by atoms with Gasteiger partial charge in [-0.2, -0.15) is 0 Å². The van der Waals surface area contributed by atoms with Crippen molar-refractivity contribution in [1.82, 2.24) is 5.32 Å². The van der Waals surface area contributed by atoms with Crippen molar-refractivity contribution in [2.24, 2.45) is 0 Å². The minimum absolute atomic E-state index is 0.228. The van der Waals surface area contributed by atoms with Gasteiger partial charge >= 0.3 is 0 Å². The molecule has 0 bridgehead atoms. The van der Waals surface area contributed by atoms with Gasteiger partial charge in [-0.15, -0.1) is 0 Å². The maximum absolute atomic E-state index is 8.69. The summed E-state index contributed by atoms with van der Waals surface area (Å²) in [5, 5.41) is 12.0. The second-order valence-electron chi connectivity index (χ2n) is 3.49. The molecule has 0 heterocycles. The van der Waals surface area contributed by atoms with Crippen LogP contribution in [0.25, 0.3) is 0 Å². The van der Waals surface area contributed by atoms with E-state index in [1.165, 1.54) is 0 Å². The fourth-order valence-electron chi connectivity index (χ4n) is 1.53. The van der Waals surface area contributed by atoms with Crippen molar-refractivity contribution in [1.29, 1.82) is 0 Å². The number of nitrogens with one attached hydrogen (secondary N) is 1. The predicted octanol–water partition coefficient (Wildman–Crippen LogP) is 1.73. The summed E-state index contributed by atoms with van der Waals surface area (Å²) >= 11 is 0. The maximum atomic E-state index is 8.69. The lowest BCUT2D eigenvalue weighted by molar-refractivity contribution is 0.283. The molecule has 0 spiro atoms. The lowest BCUT2D eigenvalue weighted by Crippen LogP contribution is -2.21. The zero-order chi connectivity index (χ0) is 11.1. The molecule has 0 saturated carbocycles. The Morgan fingerprint density at radius 1 is 1.40 bits per heavy atom. The molecule has 0 saturated heterocycles. The van der Waals surface area contributed by atoms with Crippen LogP contribution in [0.3, 0.4) is 0 Å². The van der Waals surface area contributed by atoms with Crippen molar-refractivity contribution in [3.8, 4) is 5.75 Å². The summed E-state index contributed by atoms with van der Waals surface area (Å²) in [5.74, 6) is 0.904. The van der Waals surface area contributed by atoms with E-state index in [0.717, 1.165) is 24.3 Å². The second-order valence-corrected chi connectivity index (χ2v) is 3.49. The van der Waals surface area contributed by atoms with Gasteiger partial charge in [-0.05, 0) is 26.0 Å². The molecule has 0 fully saturated rings. The molecule has 15 heavy (non-hydrogen) atoms. The van der Waals surface area contributed by atoms with Crippen LogP contribution in [-0.2, 0) is 0 Å². The van der Waals surface area contributed by atoms with E-state index < -0.39 is 0 Å². The van der Waals surface area contributed by atoms with Crippen molar-refractivity contribution < 1.29 is 9.84 Å². The quantitative estimate of drug-likeness (QED) is 0.701. The summed E-state index contributed by atoms with van der Waals surface area (Å²) in [5.41, 5.74) is 1.15. The molecule has 0 aliphatic rings. The van der Waals surface area contributed by atoms with E-state index in [0.29, 0.717) is 0 Å². The third-order valence-corrected chi connectivity index (χ3v) is 2.39. The van der Waals surface area contributed by atoms with Crippen LogP contribution in [-0.4, -0.2) is 25.4 Å². The molecule has 0 amide bonds. The average molecular weight is 209 g/mol. The number of benzene rings is 1. The number of ether oxygens (including phenoxy) is 1. The fraction of sp³-hybridized carbons (Fsp3) is 0.500. The number of methoxy groups -OCH3 is 1. The highest BCUT2D eigenvalue weighted by atomic mass is 16.5. The molecule has 0 aliphatic heterocycles. The van der Waals surface area contributed by atoms with Crippen LogP contribution in [0.5, 0.6) is 5.75 Å². The number of rotatable bonds is 6. The number of aliphatic hydroxyl groups excluding tert-OH is 1. The Morgan fingerprint density at radius 2 is 2.13 bits per heavy atom. The Morgan fingerprint density at radius 3 is 2.80 bits per heavy atom. The molecule has 1 rings (SSSR count). The van der Waals surface area contributed by atoms with Crippen molar-refractivity contribution in [2.75, 3.05) is 20.3 Å². The molecule has 1 unspecified atom stereocenters. The first-order chi connectivity index (χ1) is 7.29. The smallest absolute Gasteiger partial charge is 0.123 e. The highest BCUT2D eigenvalue weighted by Gasteiger charge is 2.08. The Balaban J connectivity index is 2.59. The van der Waals surface area contributed by atoms with Gasteiger partial charge in [0.05, 0.1) is 7.11 Å². The summed E-state index contributed by atoms with van der Waals surface area (Å²) in [4.78, 5) is 0. The van der Waals surface area contributed by atoms with E-state index in [2.05, 4.69) is 18.3 Å². The molecular formula is C12H19NO2. The third kappa shape index (κ3) is 3.53. The summed E-state index contributed by atoms with van der Waals surface area (Å²) < 4.78 is 5.28. The topological polar surface area (TPSA) is 41.5 Å². The second kappa shape index (κ2) is 6.43. The van der Waals surface area contributed by atoms with E-state index in [-0.39, 0.29) is 12.6 Å². The lowest BCUT2D eigenvalue weighted by atomic mass is 10.1. The first kappa shape index (κ1) is 12.0. The molecule has 0 radical (unpaired) electrons. The number of aliphatic hydroxyl groups is 1. The van der Waals surface area contributed by atoms with Gasteiger partial charge in [0.1, 0.15) is 5.75 Å². The van der Waals surface area contributed by atoms with Crippen molar-refractivity contribution in [3.63, 3.8) is 0 Å². The Kier molecular flexibility index (Phi) is 5.15. The first-order valence-electron chi connectivity index (χ1n) is 5.26. The Bertz CT molecular complexity index is 289. The molecule has 2 N–H and O–H groups in total. The zero-order valence-electron chi connectivity index (χ0n) is 9.36. The van der Waals surface area contributed by atoms with Gasteiger partial charge < -0.3 is 15.2 Å². The molecule has 1 aromatic carbocycles. The minimum atomic E-state index is 0.228. The SMILES string of the molecule is COc1ccccc1C(C)NCCCO. The van der Waals surface area contributed by atoms with E-state index in [1.54, 1.807) is 7.11 Å². The highest BCUT2D eigenvalue weighted by Crippen LogP contribution is 2.23. The molecule has 0 aliphatic carbocycles. The normalized spacial score (nSPS) is 12.5. The van der Waals surface area contributed by atoms with Gasteiger partial charge in [0.15, 0.2) is 0 Å². The van der Waals surface area contributed by atoms with Gasteiger partial charge in [-0.1, -0.05) is 18.2 Å². The van der Waals surface area contributed by atoms with Crippen molar-refractivity contribution in [2.45, 2.75) is 19.4 Å². The van der Waals surface area contributed by atoms with E-state index in [9.17, 15) is 0 Å². The van der Waals surface area contributed by atoms with Crippen LogP contribution >= 0.6 is 0 Å². The lowest BCUT2D eigenvalue weighted by Gasteiger charge is -2.16. The summed E-state index contributed by atoms with van der Waals surface area (Å²) in [7, 11) is 1.68. The van der Waals surface area contributed by atoms with Crippen molar-refractivity contribution >= 4 is 0 Å². The van der Waals surface area contributed by atoms with Crippen LogP contribution in [0.2, 0.25) is 0 Å². The van der Waals surface area contributed by atoms with Gasteiger partial charge in [-0.3, -0.25) is 0 Å². The number of para-hydroxylation sites is 1. The van der Waals surface area contributed by atoms with E-state index >= 15 is 0 Å². The van der Waals surface area contributed by atoms with E-state index in [1.807, 2.05) is 18.2 Å². The third-order valence-electron chi connectivity index (χ3n) is 2.39. The standard InChI is InChI=1S/C12H19NO2/c1-10(13-8-5-9-14)11-6-3-4-7-12(11)15-2/h3-4,6-7,10,13-14H,5,8-9H2,1-2H3. The minimum Gasteiger partial charge on any atom is -0.496 e. The van der Waals surface area contributed by atoms with Crippen molar-refractivity contribution in [3.05, 3.63) is 29.8 Å². The molecule has 84 valence electrons. The summed E-state index contributed by atoms with van der Waals surface area (Å²) in [6, 6.07) is 8.22. The van der Waals surface area contributed by atoms with Crippen LogP contribution in [0.15, 0.2) is 24.3 Å². The largest absolute Gasteiger partial charge is 0.496 e. The maximum Gasteiger partial charge on any atom is 0.123 e. The summed E-state index contributed by atoms with van der Waals surface area (Å²) in [6.07, 6.45) is 0.777. The molecule has 3 heteroatoms.